The van der Waals surface area contributed by atoms with Crippen molar-refractivity contribution in [3.63, 3.8) is 0 Å². The topological polar surface area (TPSA) is 91.5 Å². The molecule has 2 N–H and O–H groups in total. The summed E-state index contributed by atoms with van der Waals surface area (Å²) in [5.41, 5.74) is 2.60. The first-order valence-corrected chi connectivity index (χ1v) is 11.0. The summed E-state index contributed by atoms with van der Waals surface area (Å²) in [7, 11) is -3.59. The summed E-state index contributed by atoms with van der Waals surface area (Å²) in [6, 6.07) is 14.4. The van der Waals surface area contributed by atoms with E-state index in [4.69, 9.17) is 4.74 Å². The van der Waals surface area contributed by atoms with Crippen LogP contribution in [0, 0.1) is 0 Å². The highest BCUT2D eigenvalue weighted by atomic mass is 32.2. The van der Waals surface area contributed by atoms with Crippen LogP contribution in [0.4, 0.5) is 5.69 Å². The number of aromatic amines is 1. The van der Waals surface area contributed by atoms with Crippen LogP contribution in [0.15, 0.2) is 59.6 Å². The number of sulfonamides is 1. The second kappa shape index (κ2) is 8.36. The Bertz CT molecular complexity index is 1120. The van der Waals surface area contributed by atoms with Crippen LogP contribution < -0.4 is 5.32 Å². The number of nitrogens with one attached hydrogen (secondary N) is 2. The predicted molar refractivity (Wildman–Crippen MR) is 111 cm³/mol. The number of hydrogen-bond donors (Lipinski definition) is 2. The van der Waals surface area contributed by atoms with Gasteiger partial charge in [-0.15, -0.1) is 0 Å². The molecule has 0 spiro atoms. The molecule has 7 nitrogen and oxygen atoms in total. The first-order valence-electron chi connectivity index (χ1n) is 9.57. The molecule has 1 fully saturated rings. The van der Waals surface area contributed by atoms with Gasteiger partial charge in [-0.2, -0.15) is 4.31 Å². The summed E-state index contributed by atoms with van der Waals surface area (Å²) in [4.78, 5) is 15.8. The molecule has 1 saturated heterocycles. The number of anilines is 1. The number of para-hydroxylation sites is 1. The average Bonchev–Trinajstić information content (AvgIpc) is 3.16. The highest BCUT2D eigenvalue weighted by molar-refractivity contribution is 7.89. The van der Waals surface area contributed by atoms with Gasteiger partial charge >= 0.3 is 0 Å². The van der Waals surface area contributed by atoms with Crippen molar-refractivity contribution in [2.75, 3.05) is 31.6 Å². The molecule has 0 unspecified atom stereocenters. The fourth-order valence-electron chi connectivity index (χ4n) is 3.48. The van der Waals surface area contributed by atoms with Crippen LogP contribution in [-0.2, 0) is 26.0 Å². The van der Waals surface area contributed by atoms with Crippen LogP contribution in [0.1, 0.15) is 12.0 Å². The highest BCUT2D eigenvalue weighted by Crippen LogP contribution is 2.22. The van der Waals surface area contributed by atoms with Crippen molar-refractivity contribution in [1.29, 1.82) is 0 Å². The Morgan fingerprint density at radius 2 is 1.90 bits per heavy atom. The van der Waals surface area contributed by atoms with Gasteiger partial charge in [-0.1, -0.05) is 24.3 Å². The van der Waals surface area contributed by atoms with Crippen molar-refractivity contribution >= 4 is 32.5 Å². The Morgan fingerprint density at radius 1 is 1.10 bits per heavy atom. The summed E-state index contributed by atoms with van der Waals surface area (Å²) < 4.78 is 32.2. The van der Waals surface area contributed by atoms with E-state index in [2.05, 4.69) is 10.3 Å². The molecule has 0 atom stereocenters. The van der Waals surface area contributed by atoms with Gasteiger partial charge in [0.2, 0.25) is 15.9 Å². The van der Waals surface area contributed by atoms with Crippen LogP contribution in [0.5, 0.6) is 0 Å². The van der Waals surface area contributed by atoms with Crippen LogP contribution >= 0.6 is 0 Å². The van der Waals surface area contributed by atoms with Crippen LogP contribution in [0.2, 0.25) is 0 Å². The second-order valence-corrected chi connectivity index (χ2v) is 8.89. The maximum atomic E-state index is 12.8. The van der Waals surface area contributed by atoms with E-state index in [0.717, 1.165) is 16.5 Å². The zero-order valence-electron chi connectivity index (χ0n) is 15.9. The quantitative estimate of drug-likeness (QED) is 0.650. The monoisotopic (exact) mass is 413 g/mol. The average molecular weight is 413 g/mol. The maximum absolute atomic E-state index is 12.8. The third-order valence-corrected chi connectivity index (χ3v) is 6.92. The maximum Gasteiger partial charge on any atom is 0.243 e. The summed E-state index contributed by atoms with van der Waals surface area (Å²) in [6.45, 7) is 1.46. The number of H-pyrrole nitrogens is 1. The lowest BCUT2D eigenvalue weighted by Crippen LogP contribution is -2.40. The second-order valence-electron chi connectivity index (χ2n) is 6.95. The molecule has 2 aromatic carbocycles. The Morgan fingerprint density at radius 3 is 2.72 bits per heavy atom. The SMILES string of the molecule is O=C(CCc1c[nH]c2ccccc12)Nc1cccc(S(=O)(=O)N2CCOCC2)c1. The van der Waals surface area contributed by atoms with Crippen molar-refractivity contribution in [3.05, 3.63) is 60.3 Å². The van der Waals surface area contributed by atoms with E-state index in [0.29, 0.717) is 44.8 Å². The van der Waals surface area contributed by atoms with Gasteiger partial charge in [0.15, 0.2) is 0 Å². The minimum atomic E-state index is -3.59. The van der Waals surface area contributed by atoms with Crippen molar-refractivity contribution in [3.8, 4) is 0 Å². The number of morpholine rings is 1. The van der Waals surface area contributed by atoms with Gasteiger partial charge in [0.25, 0.3) is 0 Å². The summed E-state index contributed by atoms with van der Waals surface area (Å²) in [5, 5.41) is 3.92. The smallest absolute Gasteiger partial charge is 0.243 e. The van der Waals surface area contributed by atoms with Crippen molar-refractivity contribution in [1.82, 2.24) is 9.29 Å². The lowest BCUT2D eigenvalue weighted by Gasteiger charge is -2.26. The summed E-state index contributed by atoms with van der Waals surface area (Å²) >= 11 is 0. The molecule has 8 heteroatoms. The van der Waals surface area contributed by atoms with Crippen molar-refractivity contribution in [2.45, 2.75) is 17.7 Å². The molecule has 1 aromatic heterocycles. The highest BCUT2D eigenvalue weighted by Gasteiger charge is 2.26. The van der Waals surface area contributed by atoms with E-state index < -0.39 is 10.0 Å². The van der Waals surface area contributed by atoms with Gasteiger partial charge in [-0.3, -0.25) is 4.79 Å². The number of fused-ring (bicyclic) bond motifs is 1. The van der Waals surface area contributed by atoms with Crippen molar-refractivity contribution < 1.29 is 17.9 Å². The Kier molecular flexibility index (Phi) is 5.66. The van der Waals surface area contributed by atoms with E-state index in [-0.39, 0.29) is 10.8 Å². The molecule has 1 amide bonds. The van der Waals surface area contributed by atoms with Gasteiger partial charge < -0.3 is 15.0 Å². The first-order chi connectivity index (χ1) is 14.0. The predicted octanol–water partition coefficient (Wildman–Crippen LogP) is 2.76. The molecular formula is C21H23N3O4S. The molecule has 0 aliphatic carbocycles. The number of carbonyl (C=O) groups excluding carboxylic acids is 1. The number of ether oxygens (including phenoxy) is 1. The molecule has 0 radical (unpaired) electrons. The molecule has 0 saturated carbocycles. The van der Waals surface area contributed by atoms with Gasteiger partial charge in [0.05, 0.1) is 18.1 Å². The number of hydrogen-bond acceptors (Lipinski definition) is 4. The number of nitrogens with zero attached hydrogens (tertiary/aromatic N) is 1. The normalized spacial score (nSPS) is 15.4. The van der Waals surface area contributed by atoms with Crippen LogP contribution in [0.25, 0.3) is 10.9 Å². The fraction of sp³-hybridized carbons (Fsp3) is 0.286. The number of aromatic nitrogens is 1. The summed E-state index contributed by atoms with van der Waals surface area (Å²) in [6.07, 6.45) is 2.83. The van der Waals surface area contributed by atoms with Gasteiger partial charge in [0, 0.05) is 42.3 Å². The fourth-order valence-corrected chi connectivity index (χ4v) is 4.93. The lowest BCUT2D eigenvalue weighted by atomic mass is 10.1. The van der Waals surface area contributed by atoms with Gasteiger partial charge in [0.1, 0.15) is 0 Å². The van der Waals surface area contributed by atoms with Crippen LogP contribution in [0.3, 0.4) is 0 Å². The van der Waals surface area contributed by atoms with E-state index >= 15 is 0 Å². The molecule has 1 aliphatic rings. The minimum Gasteiger partial charge on any atom is -0.379 e. The summed E-state index contributed by atoms with van der Waals surface area (Å²) in [5.74, 6) is -0.156. The Balaban J connectivity index is 1.41. The minimum absolute atomic E-state index is 0.156. The molecule has 3 aromatic rings. The van der Waals surface area contributed by atoms with E-state index in [9.17, 15) is 13.2 Å². The van der Waals surface area contributed by atoms with Crippen LogP contribution in [-0.4, -0.2) is 49.9 Å². The third-order valence-electron chi connectivity index (χ3n) is 5.02. The molecule has 152 valence electrons. The molecule has 0 bridgehead atoms. The molecule has 2 heterocycles. The standard InChI is InChI=1S/C21H23N3O4S/c25-21(9-8-16-15-22-20-7-2-1-6-19(16)20)23-17-4-3-5-18(14-17)29(26,27)24-10-12-28-13-11-24/h1-7,14-15,22H,8-13H2,(H,23,25). The van der Waals surface area contributed by atoms with E-state index in [1.807, 2.05) is 30.5 Å². The number of carbonyl (C=O) groups is 1. The van der Waals surface area contributed by atoms with Gasteiger partial charge in [-0.25, -0.2) is 8.42 Å². The number of aryl methyl sites for hydroxylation is 1. The zero-order valence-corrected chi connectivity index (χ0v) is 16.7. The first kappa shape index (κ1) is 19.6. The zero-order chi connectivity index (χ0) is 20.3. The van der Waals surface area contributed by atoms with Gasteiger partial charge in [-0.05, 0) is 36.2 Å². The number of rotatable bonds is 6. The Labute approximate surface area is 169 Å². The molecule has 4 rings (SSSR count). The lowest BCUT2D eigenvalue weighted by molar-refractivity contribution is -0.116. The number of benzene rings is 2. The van der Waals surface area contributed by atoms with E-state index in [1.165, 1.54) is 10.4 Å². The largest absolute Gasteiger partial charge is 0.379 e. The third kappa shape index (κ3) is 4.34. The molecular weight excluding hydrogens is 390 g/mol. The van der Waals surface area contributed by atoms with Crippen molar-refractivity contribution in [2.24, 2.45) is 0 Å². The van der Waals surface area contributed by atoms with E-state index in [1.54, 1.807) is 18.2 Å². The molecule has 1 aliphatic heterocycles. The number of amides is 1. The Hall–Kier alpha value is -2.68. The molecule has 29 heavy (non-hydrogen) atoms.